The fraction of sp³-hybridized carbons (Fsp3) is 0.533. The summed E-state index contributed by atoms with van der Waals surface area (Å²) in [5.41, 5.74) is 2.68. The van der Waals surface area contributed by atoms with Crippen LogP contribution in [0.3, 0.4) is 0 Å². The standard InChI is InChI=1S/C15H20O2S/c1-11-5-4-6-12(9-11)13-7-2-3-8-14(13)18-10-15(16)17/h4-6,9,13-14H,2-3,7-8,10H2,1H3,(H,16,17)/t13-,14-/m0/s1. The quantitative estimate of drug-likeness (QED) is 0.897. The van der Waals surface area contributed by atoms with Crippen LogP contribution in [0, 0.1) is 6.92 Å². The van der Waals surface area contributed by atoms with Gasteiger partial charge in [-0.1, -0.05) is 42.7 Å². The summed E-state index contributed by atoms with van der Waals surface area (Å²) < 4.78 is 0. The third-order valence-electron chi connectivity index (χ3n) is 3.59. The van der Waals surface area contributed by atoms with Gasteiger partial charge in [0.25, 0.3) is 0 Å². The maximum atomic E-state index is 10.7. The molecule has 0 bridgehead atoms. The first-order valence-corrected chi connectivity index (χ1v) is 7.61. The minimum absolute atomic E-state index is 0.229. The maximum Gasteiger partial charge on any atom is 0.313 e. The fourth-order valence-corrected chi connectivity index (χ4v) is 3.97. The van der Waals surface area contributed by atoms with Crippen LogP contribution in [0.1, 0.15) is 42.7 Å². The number of thioether (sulfide) groups is 1. The summed E-state index contributed by atoms with van der Waals surface area (Å²) in [6.45, 7) is 2.12. The van der Waals surface area contributed by atoms with Crippen molar-refractivity contribution in [1.29, 1.82) is 0 Å². The zero-order valence-corrected chi connectivity index (χ0v) is 11.6. The first-order chi connectivity index (χ1) is 8.66. The number of aryl methyl sites for hydroxylation is 1. The van der Waals surface area contributed by atoms with Gasteiger partial charge < -0.3 is 5.11 Å². The average Bonchev–Trinajstić information content (AvgIpc) is 2.36. The smallest absolute Gasteiger partial charge is 0.313 e. The van der Waals surface area contributed by atoms with Gasteiger partial charge in [0, 0.05) is 5.25 Å². The Morgan fingerprint density at radius 2 is 2.17 bits per heavy atom. The molecule has 98 valence electrons. The number of benzene rings is 1. The van der Waals surface area contributed by atoms with Gasteiger partial charge in [-0.05, 0) is 31.2 Å². The summed E-state index contributed by atoms with van der Waals surface area (Å²) >= 11 is 1.61. The maximum absolute atomic E-state index is 10.7. The van der Waals surface area contributed by atoms with Gasteiger partial charge in [0.1, 0.15) is 0 Å². The largest absolute Gasteiger partial charge is 0.481 e. The number of rotatable bonds is 4. The van der Waals surface area contributed by atoms with E-state index in [0.717, 1.165) is 6.42 Å². The molecule has 0 amide bonds. The molecule has 3 heteroatoms. The lowest BCUT2D eigenvalue weighted by Gasteiger charge is -2.31. The van der Waals surface area contributed by atoms with Crippen molar-refractivity contribution in [1.82, 2.24) is 0 Å². The molecule has 1 aliphatic rings. The molecule has 1 aromatic carbocycles. The van der Waals surface area contributed by atoms with Gasteiger partial charge in [-0.15, -0.1) is 11.8 Å². The molecule has 1 fully saturated rings. The predicted octanol–water partition coefficient (Wildman–Crippen LogP) is 3.84. The molecule has 0 aliphatic heterocycles. The van der Waals surface area contributed by atoms with E-state index in [9.17, 15) is 4.79 Å². The third kappa shape index (κ3) is 3.52. The van der Waals surface area contributed by atoms with Gasteiger partial charge in [0.2, 0.25) is 0 Å². The van der Waals surface area contributed by atoms with E-state index in [1.165, 1.54) is 30.4 Å². The second-order valence-electron chi connectivity index (χ2n) is 5.05. The summed E-state index contributed by atoms with van der Waals surface area (Å²) in [7, 11) is 0. The van der Waals surface area contributed by atoms with Crippen LogP contribution in [-0.4, -0.2) is 22.1 Å². The molecule has 1 N–H and O–H groups in total. The van der Waals surface area contributed by atoms with Crippen LogP contribution in [0.15, 0.2) is 24.3 Å². The van der Waals surface area contributed by atoms with Crippen LogP contribution in [-0.2, 0) is 4.79 Å². The van der Waals surface area contributed by atoms with Gasteiger partial charge in [-0.2, -0.15) is 0 Å². The van der Waals surface area contributed by atoms with Gasteiger partial charge in [-0.3, -0.25) is 4.79 Å². The molecule has 1 aliphatic carbocycles. The normalized spacial score (nSPS) is 23.8. The highest BCUT2D eigenvalue weighted by Crippen LogP contribution is 2.40. The fourth-order valence-electron chi connectivity index (χ4n) is 2.76. The van der Waals surface area contributed by atoms with Crippen molar-refractivity contribution in [2.45, 2.75) is 43.8 Å². The second-order valence-corrected chi connectivity index (χ2v) is 6.28. The summed E-state index contributed by atoms with van der Waals surface area (Å²) in [5.74, 6) is 0.0593. The Hall–Kier alpha value is -0.960. The lowest BCUT2D eigenvalue weighted by molar-refractivity contribution is -0.133. The molecule has 0 saturated heterocycles. The predicted molar refractivity (Wildman–Crippen MR) is 76.3 cm³/mol. The molecule has 0 heterocycles. The zero-order chi connectivity index (χ0) is 13.0. The Balaban J connectivity index is 2.09. The molecule has 2 rings (SSSR count). The SMILES string of the molecule is Cc1cccc([C@@H]2CCCC[C@@H]2SCC(=O)O)c1. The highest BCUT2D eigenvalue weighted by molar-refractivity contribution is 8.00. The summed E-state index contributed by atoms with van der Waals surface area (Å²) in [6.07, 6.45) is 4.85. The topological polar surface area (TPSA) is 37.3 Å². The average molecular weight is 264 g/mol. The highest BCUT2D eigenvalue weighted by Gasteiger charge is 2.27. The molecule has 0 aromatic heterocycles. The Morgan fingerprint density at radius 3 is 2.89 bits per heavy atom. The van der Waals surface area contributed by atoms with Gasteiger partial charge in [0.05, 0.1) is 5.75 Å². The van der Waals surface area contributed by atoms with Crippen LogP contribution >= 0.6 is 11.8 Å². The van der Waals surface area contributed by atoms with Gasteiger partial charge in [0.15, 0.2) is 0 Å². The summed E-state index contributed by atoms with van der Waals surface area (Å²) in [5, 5.41) is 9.29. The van der Waals surface area contributed by atoms with Crippen LogP contribution in [0.5, 0.6) is 0 Å². The molecule has 1 aromatic rings. The molecule has 2 atom stereocenters. The molecular formula is C15H20O2S. The number of carboxylic acid groups (broad SMARTS) is 1. The number of carbonyl (C=O) groups is 1. The van der Waals surface area contributed by atoms with Crippen molar-refractivity contribution < 1.29 is 9.90 Å². The highest BCUT2D eigenvalue weighted by atomic mass is 32.2. The van der Waals surface area contributed by atoms with Crippen molar-refractivity contribution >= 4 is 17.7 Å². The monoisotopic (exact) mass is 264 g/mol. The van der Waals surface area contributed by atoms with E-state index in [-0.39, 0.29) is 5.75 Å². The van der Waals surface area contributed by atoms with Crippen LogP contribution < -0.4 is 0 Å². The summed E-state index contributed by atoms with van der Waals surface area (Å²) in [6, 6.07) is 8.67. The first-order valence-electron chi connectivity index (χ1n) is 6.57. The molecule has 1 saturated carbocycles. The number of carboxylic acids is 1. The Morgan fingerprint density at radius 1 is 1.39 bits per heavy atom. The summed E-state index contributed by atoms with van der Waals surface area (Å²) in [4.78, 5) is 10.7. The van der Waals surface area contributed by atoms with E-state index < -0.39 is 5.97 Å². The minimum Gasteiger partial charge on any atom is -0.481 e. The Labute approximate surface area is 113 Å². The number of hydrogen-bond acceptors (Lipinski definition) is 2. The van der Waals surface area contributed by atoms with Crippen molar-refractivity contribution in [3.05, 3.63) is 35.4 Å². The van der Waals surface area contributed by atoms with Crippen LogP contribution in [0.2, 0.25) is 0 Å². The molecule has 0 spiro atoms. The van der Waals surface area contributed by atoms with Crippen LogP contribution in [0.4, 0.5) is 0 Å². The van der Waals surface area contributed by atoms with Gasteiger partial charge >= 0.3 is 5.97 Å². The van der Waals surface area contributed by atoms with Crippen molar-refractivity contribution in [2.75, 3.05) is 5.75 Å². The first kappa shape index (κ1) is 13.5. The van der Waals surface area contributed by atoms with E-state index in [2.05, 4.69) is 31.2 Å². The van der Waals surface area contributed by atoms with Crippen LogP contribution in [0.25, 0.3) is 0 Å². The van der Waals surface area contributed by atoms with E-state index in [1.54, 1.807) is 11.8 Å². The Kier molecular flexibility index (Phi) is 4.70. The number of aliphatic carboxylic acids is 1. The minimum atomic E-state index is -0.700. The second kappa shape index (κ2) is 6.28. The van der Waals surface area contributed by atoms with Crippen molar-refractivity contribution in [3.8, 4) is 0 Å². The van der Waals surface area contributed by atoms with E-state index in [4.69, 9.17) is 5.11 Å². The Bertz CT molecular complexity index is 417. The third-order valence-corrected chi connectivity index (χ3v) is 5.00. The van der Waals surface area contributed by atoms with E-state index >= 15 is 0 Å². The van der Waals surface area contributed by atoms with Crippen molar-refractivity contribution in [3.63, 3.8) is 0 Å². The molecular weight excluding hydrogens is 244 g/mol. The zero-order valence-electron chi connectivity index (χ0n) is 10.8. The molecule has 18 heavy (non-hydrogen) atoms. The van der Waals surface area contributed by atoms with Gasteiger partial charge in [-0.25, -0.2) is 0 Å². The molecule has 0 radical (unpaired) electrons. The molecule has 0 unspecified atom stereocenters. The van der Waals surface area contributed by atoms with E-state index in [1.807, 2.05) is 0 Å². The lowest BCUT2D eigenvalue weighted by Crippen LogP contribution is -2.21. The lowest BCUT2D eigenvalue weighted by atomic mass is 9.83. The number of hydrogen-bond donors (Lipinski definition) is 1. The molecule has 2 nitrogen and oxygen atoms in total. The van der Waals surface area contributed by atoms with Crippen molar-refractivity contribution in [2.24, 2.45) is 0 Å². The van der Waals surface area contributed by atoms with E-state index in [0.29, 0.717) is 11.2 Å².